The summed E-state index contributed by atoms with van der Waals surface area (Å²) in [7, 11) is 1.58. The summed E-state index contributed by atoms with van der Waals surface area (Å²) in [6, 6.07) is 10.3. The van der Waals surface area contributed by atoms with E-state index in [0.717, 1.165) is 12.1 Å². The Balaban J connectivity index is 1.79. The maximum absolute atomic E-state index is 14.7. The molecular weight excluding hydrogens is 323 g/mol. The molecule has 5 nitrogen and oxygen atoms in total. The number of amides is 1. The zero-order chi connectivity index (χ0) is 17.6. The van der Waals surface area contributed by atoms with E-state index in [2.05, 4.69) is 10.6 Å². The molecule has 3 rings (SSSR count). The Kier molecular flexibility index (Phi) is 5.63. The summed E-state index contributed by atoms with van der Waals surface area (Å²) in [5.41, 5.74) is 2.15. The largest absolute Gasteiger partial charge is 0.490 e. The lowest BCUT2D eigenvalue weighted by Gasteiger charge is -2.19. The van der Waals surface area contributed by atoms with E-state index >= 15 is 0 Å². The van der Waals surface area contributed by atoms with Gasteiger partial charge in [-0.3, -0.25) is 4.79 Å². The van der Waals surface area contributed by atoms with E-state index in [1.54, 1.807) is 37.4 Å². The van der Waals surface area contributed by atoms with Crippen LogP contribution in [0.25, 0.3) is 0 Å². The minimum atomic E-state index is -0.402. The molecule has 0 atom stereocenters. The van der Waals surface area contributed by atoms with E-state index in [0.29, 0.717) is 43.1 Å². The molecule has 1 aliphatic heterocycles. The van der Waals surface area contributed by atoms with Crippen LogP contribution in [-0.2, 0) is 17.7 Å². The Hall–Kier alpha value is -2.44. The number of benzene rings is 2. The van der Waals surface area contributed by atoms with Crippen molar-refractivity contribution in [1.29, 1.82) is 0 Å². The number of hydrogen-bond acceptors (Lipinski definition) is 4. The highest BCUT2D eigenvalue weighted by Gasteiger charge is 2.19. The van der Waals surface area contributed by atoms with Gasteiger partial charge in [-0.1, -0.05) is 18.2 Å². The lowest BCUT2D eigenvalue weighted by molar-refractivity contribution is 0.101. The van der Waals surface area contributed by atoms with E-state index in [4.69, 9.17) is 9.47 Å². The van der Waals surface area contributed by atoms with Gasteiger partial charge in [-0.15, -0.1) is 0 Å². The Bertz CT molecular complexity index is 764. The third-order valence-corrected chi connectivity index (χ3v) is 4.13. The van der Waals surface area contributed by atoms with Crippen LogP contribution in [0, 0.1) is 5.82 Å². The molecule has 0 unspecified atom stereocenters. The third kappa shape index (κ3) is 3.97. The summed E-state index contributed by atoms with van der Waals surface area (Å²) in [5, 5.41) is 5.87. The highest BCUT2D eigenvalue weighted by Crippen LogP contribution is 2.26. The zero-order valence-electron chi connectivity index (χ0n) is 14.1. The highest BCUT2D eigenvalue weighted by atomic mass is 19.1. The number of anilines is 1. The van der Waals surface area contributed by atoms with Crippen molar-refractivity contribution in [2.75, 3.05) is 32.2 Å². The number of carbonyl (C=O) groups excluding carboxylic acids is 1. The second-order valence-electron chi connectivity index (χ2n) is 5.78. The molecular formula is C19H21FN2O3. The van der Waals surface area contributed by atoms with Crippen LogP contribution in [0.5, 0.6) is 5.75 Å². The van der Waals surface area contributed by atoms with Crippen molar-refractivity contribution >= 4 is 11.6 Å². The number of ether oxygens (including phenoxy) is 2. The van der Waals surface area contributed by atoms with Crippen LogP contribution < -0.4 is 15.4 Å². The summed E-state index contributed by atoms with van der Waals surface area (Å²) in [5.74, 6) is -0.314. The van der Waals surface area contributed by atoms with E-state index in [9.17, 15) is 9.18 Å². The SMILES string of the molecule is COCCOc1ccccc1C(=O)Nc1ccc2c(c1F)CCNC2. The van der Waals surface area contributed by atoms with Gasteiger partial charge in [0.15, 0.2) is 0 Å². The quantitative estimate of drug-likeness (QED) is 0.791. The molecule has 2 aromatic carbocycles. The van der Waals surface area contributed by atoms with Crippen LogP contribution in [0.15, 0.2) is 36.4 Å². The first-order valence-electron chi connectivity index (χ1n) is 8.24. The normalized spacial score (nSPS) is 13.2. The molecule has 0 saturated carbocycles. The van der Waals surface area contributed by atoms with Crippen molar-refractivity contribution in [2.24, 2.45) is 0 Å². The summed E-state index contributed by atoms with van der Waals surface area (Å²) in [4.78, 5) is 12.6. The lowest BCUT2D eigenvalue weighted by Crippen LogP contribution is -2.25. The van der Waals surface area contributed by atoms with Gasteiger partial charge in [0.1, 0.15) is 18.2 Å². The standard InChI is InChI=1S/C19H21FN2O3/c1-24-10-11-25-17-5-3-2-4-15(17)19(23)22-16-7-6-13-12-21-9-8-14(13)18(16)20/h2-7,21H,8-12H2,1H3,(H,22,23). The second kappa shape index (κ2) is 8.09. The van der Waals surface area contributed by atoms with Gasteiger partial charge in [0.2, 0.25) is 0 Å². The van der Waals surface area contributed by atoms with E-state index in [-0.39, 0.29) is 11.5 Å². The Morgan fingerprint density at radius 1 is 1.24 bits per heavy atom. The third-order valence-electron chi connectivity index (χ3n) is 4.13. The van der Waals surface area contributed by atoms with Gasteiger partial charge in [-0.05, 0) is 42.3 Å². The van der Waals surface area contributed by atoms with Crippen molar-refractivity contribution < 1.29 is 18.7 Å². The molecule has 0 saturated heterocycles. The number of methoxy groups -OCH3 is 1. The summed E-state index contributed by atoms with van der Waals surface area (Å²) >= 11 is 0. The molecule has 132 valence electrons. The van der Waals surface area contributed by atoms with Gasteiger partial charge in [0.05, 0.1) is 17.9 Å². The molecule has 1 heterocycles. The van der Waals surface area contributed by atoms with Crippen LogP contribution in [0.1, 0.15) is 21.5 Å². The molecule has 1 aliphatic rings. The fourth-order valence-electron chi connectivity index (χ4n) is 2.83. The molecule has 0 fully saturated rings. The van der Waals surface area contributed by atoms with Gasteiger partial charge in [0, 0.05) is 13.7 Å². The first-order valence-corrected chi connectivity index (χ1v) is 8.24. The number of carbonyl (C=O) groups is 1. The predicted octanol–water partition coefficient (Wildman–Crippen LogP) is 2.75. The second-order valence-corrected chi connectivity index (χ2v) is 5.78. The van der Waals surface area contributed by atoms with Gasteiger partial charge in [-0.25, -0.2) is 4.39 Å². The number of nitrogens with one attached hydrogen (secondary N) is 2. The maximum Gasteiger partial charge on any atom is 0.259 e. The summed E-state index contributed by atoms with van der Waals surface area (Å²) < 4.78 is 25.2. The zero-order valence-corrected chi connectivity index (χ0v) is 14.1. The van der Waals surface area contributed by atoms with Crippen LogP contribution >= 0.6 is 0 Å². The number of fused-ring (bicyclic) bond motifs is 1. The molecule has 0 spiro atoms. The monoisotopic (exact) mass is 344 g/mol. The van der Waals surface area contributed by atoms with Gasteiger partial charge in [0.25, 0.3) is 5.91 Å². The smallest absolute Gasteiger partial charge is 0.259 e. The fourth-order valence-corrected chi connectivity index (χ4v) is 2.83. The summed E-state index contributed by atoms with van der Waals surface area (Å²) in [6.07, 6.45) is 0.613. The van der Waals surface area contributed by atoms with Gasteiger partial charge >= 0.3 is 0 Å². The van der Waals surface area contributed by atoms with Crippen LogP contribution in [-0.4, -0.2) is 32.8 Å². The van der Waals surface area contributed by atoms with Crippen molar-refractivity contribution in [2.45, 2.75) is 13.0 Å². The molecule has 0 radical (unpaired) electrons. The number of hydrogen-bond donors (Lipinski definition) is 2. The fraction of sp³-hybridized carbons (Fsp3) is 0.316. The van der Waals surface area contributed by atoms with E-state index < -0.39 is 5.91 Å². The average Bonchev–Trinajstić information content (AvgIpc) is 2.65. The van der Waals surface area contributed by atoms with Crippen molar-refractivity contribution in [3.05, 3.63) is 58.9 Å². The van der Waals surface area contributed by atoms with Gasteiger partial charge < -0.3 is 20.1 Å². The van der Waals surface area contributed by atoms with Crippen LogP contribution in [0.3, 0.4) is 0 Å². The van der Waals surface area contributed by atoms with Gasteiger partial charge in [-0.2, -0.15) is 0 Å². The molecule has 2 N–H and O–H groups in total. The minimum Gasteiger partial charge on any atom is -0.490 e. The number of halogens is 1. The van der Waals surface area contributed by atoms with E-state index in [1.807, 2.05) is 6.07 Å². The van der Waals surface area contributed by atoms with Crippen molar-refractivity contribution in [1.82, 2.24) is 5.32 Å². The first kappa shape index (κ1) is 17.4. The number of para-hydroxylation sites is 1. The topological polar surface area (TPSA) is 59.6 Å². The predicted molar refractivity (Wildman–Crippen MR) is 93.6 cm³/mol. The molecule has 1 amide bonds. The Labute approximate surface area is 146 Å². The summed E-state index contributed by atoms with van der Waals surface area (Å²) in [6.45, 7) is 2.14. The van der Waals surface area contributed by atoms with E-state index in [1.165, 1.54) is 0 Å². The van der Waals surface area contributed by atoms with Crippen molar-refractivity contribution in [3.63, 3.8) is 0 Å². The number of rotatable bonds is 6. The molecule has 25 heavy (non-hydrogen) atoms. The Morgan fingerprint density at radius 2 is 2.08 bits per heavy atom. The lowest BCUT2D eigenvalue weighted by atomic mass is 9.99. The molecule has 2 aromatic rings. The Morgan fingerprint density at radius 3 is 2.92 bits per heavy atom. The molecule has 6 heteroatoms. The molecule has 0 bridgehead atoms. The first-order chi connectivity index (χ1) is 12.2. The van der Waals surface area contributed by atoms with Crippen molar-refractivity contribution in [3.8, 4) is 5.75 Å². The average molecular weight is 344 g/mol. The molecule has 0 aliphatic carbocycles. The molecule has 0 aromatic heterocycles. The highest BCUT2D eigenvalue weighted by molar-refractivity contribution is 6.06. The minimum absolute atomic E-state index is 0.192. The van der Waals surface area contributed by atoms with Crippen LogP contribution in [0.2, 0.25) is 0 Å². The maximum atomic E-state index is 14.7. The van der Waals surface area contributed by atoms with Crippen LogP contribution in [0.4, 0.5) is 10.1 Å².